The molecule has 1 N–H and O–H groups in total. The van der Waals surface area contributed by atoms with E-state index in [-0.39, 0.29) is 5.91 Å². The monoisotopic (exact) mass is 353 g/mol. The number of hydrogen-bond donors (Lipinski definition) is 1. The van der Waals surface area contributed by atoms with Gasteiger partial charge in [-0.05, 0) is 42.9 Å². The first-order valence-electron chi connectivity index (χ1n) is 7.87. The van der Waals surface area contributed by atoms with Crippen molar-refractivity contribution in [2.75, 3.05) is 5.32 Å². The van der Waals surface area contributed by atoms with Gasteiger partial charge in [-0.1, -0.05) is 19.1 Å². The van der Waals surface area contributed by atoms with Crippen LogP contribution < -0.4 is 5.32 Å². The third kappa shape index (κ3) is 2.60. The minimum atomic E-state index is -0.237. The molecule has 2 aromatic heterocycles. The fourth-order valence-electron chi connectivity index (χ4n) is 3.09. The maximum Gasteiger partial charge on any atom is 0.285 e. The summed E-state index contributed by atoms with van der Waals surface area (Å²) < 4.78 is 0.988. The zero-order valence-electron chi connectivity index (χ0n) is 13.1. The van der Waals surface area contributed by atoms with Crippen molar-refractivity contribution in [1.29, 1.82) is 5.26 Å². The number of nitrogens with one attached hydrogen (secondary N) is 1. The lowest BCUT2D eigenvalue weighted by Gasteiger charge is -2.17. The number of benzene rings is 1. The molecule has 120 valence electrons. The lowest BCUT2D eigenvalue weighted by atomic mass is 9.88. The van der Waals surface area contributed by atoms with Crippen LogP contribution in [0.2, 0.25) is 0 Å². The fourth-order valence-corrected chi connectivity index (χ4v) is 5.14. The van der Waals surface area contributed by atoms with E-state index in [2.05, 4.69) is 23.3 Å². The first kappa shape index (κ1) is 15.3. The summed E-state index contributed by atoms with van der Waals surface area (Å²) in [6, 6.07) is 9.98. The molecule has 1 atom stereocenters. The van der Waals surface area contributed by atoms with Crippen molar-refractivity contribution in [3.8, 4) is 6.07 Å². The van der Waals surface area contributed by atoms with Crippen molar-refractivity contribution >= 4 is 43.8 Å². The van der Waals surface area contributed by atoms with Gasteiger partial charge in [0.2, 0.25) is 0 Å². The van der Waals surface area contributed by atoms with Gasteiger partial charge in [0.25, 0.3) is 5.91 Å². The van der Waals surface area contributed by atoms with Crippen molar-refractivity contribution in [2.24, 2.45) is 5.92 Å². The summed E-state index contributed by atoms with van der Waals surface area (Å²) in [5, 5.41) is 13.6. The van der Waals surface area contributed by atoms with Gasteiger partial charge in [-0.25, -0.2) is 4.98 Å². The lowest BCUT2D eigenvalue weighted by Crippen LogP contribution is -2.12. The minimum absolute atomic E-state index is 0.237. The van der Waals surface area contributed by atoms with Crippen LogP contribution in [-0.2, 0) is 12.8 Å². The molecular weight excluding hydrogens is 338 g/mol. The van der Waals surface area contributed by atoms with Crippen LogP contribution in [0.5, 0.6) is 0 Å². The van der Waals surface area contributed by atoms with Crippen LogP contribution in [-0.4, -0.2) is 10.9 Å². The zero-order chi connectivity index (χ0) is 16.7. The number of aromatic nitrogens is 1. The Labute approximate surface area is 147 Å². The van der Waals surface area contributed by atoms with Gasteiger partial charge >= 0.3 is 0 Å². The van der Waals surface area contributed by atoms with Gasteiger partial charge in [0.05, 0.1) is 15.8 Å². The molecule has 1 amide bonds. The Morgan fingerprint density at radius 3 is 3.00 bits per heavy atom. The maximum atomic E-state index is 12.6. The number of amides is 1. The highest BCUT2D eigenvalue weighted by atomic mass is 32.1. The maximum absolute atomic E-state index is 12.6. The molecule has 1 aliphatic carbocycles. The molecular formula is C18H15N3OS2. The average Bonchev–Trinajstić information content (AvgIpc) is 3.15. The number of para-hydroxylation sites is 1. The number of anilines is 1. The highest BCUT2D eigenvalue weighted by Gasteiger charge is 2.25. The summed E-state index contributed by atoms with van der Waals surface area (Å²) in [6.07, 6.45) is 3.06. The number of fused-ring (bicyclic) bond motifs is 2. The van der Waals surface area contributed by atoms with E-state index in [1.54, 1.807) is 11.3 Å². The fraction of sp³-hybridized carbons (Fsp3) is 0.278. The van der Waals surface area contributed by atoms with Crippen LogP contribution in [0.3, 0.4) is 0 Å². The smallest absolute Gasteiger partial charge is 0.285 e. The molecule has 0 spiro atoms. The van der Waals surface area contributed by atoms with Crippen LogP contribution in [0, 0.1) is 17.2 Å². The van der Waals surface area contributed by atoms with E-state index < -0.39 is 0 Å². The van der Waals surface area contributed by atoms with Gasteiger partial charge in [0.15, 0.2) is 5.01 Å². The molecule has 24 heavy (non-hydrogen) atoms. The zero-order valence-corrected chi connectivity index (χ0v) is 14.8. The molecule has 0 bridgehead atoms. The van der Waals surface area contributed by atoms with Crippen molar-refractivity contribution in [2.45, 2.75) is 26.2 Å². The number of rotatable bonds is 2. The van der Waals surface area contributed by atoms with Crippen molar-refractivity contribution in [3.63, 3.8) is 0 Å². The van der Waals surface area contributed by atoms with Gasteiger partial charge < -0.3 is 5.32 Å². The Morgan fingerprint density at radius 2 is 2.21 bits per heavy atom. The van der Waals surface area contributed by atoms with E-state index in [4.69, 9.17) is 0 Å². The first-order valence-corrected chi connectivity index (χ1v) is 9.50. The normalized spacial score (nSPS) is 16.6. The predicted octanol–water partition coefficient (Wildman–Crippen LogP) is 4.61. The third-order valence-corrected chi connectivity index (χ3v) is 6.58. The quantitative estimate of drug-likeness (QED) is 0.732. The number of nitriles is 1. The SMILES string of the molecule is C[C@H]1CCc2sc(NC(=O)c3nc4ccccc4s3)c(C#N)c2C1. The molecule has 4 nitrogen and oxygen atoms in total. The summed E-state index contributed by atoms with van der Waals surface area (Å²) in [4.78, 5) is 18.2. The van der Waals surface area contributed by atoms with Gasteiger partial charge in [-0.2, -0.15) is 5.26 Å². The molecule has 1 aliphatic rings. The van der Waals surface area contributed by atoms with Crippen molar-refractivity contribution in [3.05, 3.63) is 45.3 Å². The molecule has 0 fully saturated rings. The molecule has 6 heteroatoms. The first-order chi connectivity index (χ1) is 11.7. The molecule has 4 rings (SSSR count). The second-order valence-electron chi connectivity index (χ2n) is 6.11. The predicted molar refractivity (Wildman–Crippen MR) is 97.8 cm³/mol. The van der Waals surface area contributed by atoms with E-state index in [1.807, 2.05) is 24.3 Å². The molecule has 0 radical (unpaired) electrons. The van der Waals surface area contributed by atoms with Gasteiger partial charge in [-0.15, -0.1) is 22.7 Å². The lowest BCUT2D eigenvalue weighted by molar-refractivity contribution is 0.102. The van der Waals surface area contributed by atoms with Crippen molar-refractivity contribution in [1.82, 2.24) is 4.98 Å². The van der Waals surface area contributed by atoms with Gasteiger partial charge in [0.1, 0.15) is 11.1 Å². The second kappa shape index (κ2) is 6.00. The molecule has 0 unspecified atom stereocenters. The molecule has 1 aromatic carbocycles. The summed E-state index contributed by atoms with van der Waals surface area (Å²) >= 11 is 2.91. The van der Waals surface area contributed by atoms with Crippen LogP contribution >= 0.6 is 22.7 Å². The van der Waals surface area contributed by atoms with Gasteiger partial charge in [0, 0.05) is 4.88 Å². The minimum Gasteiger partial charge on any atom is -0.310 e. The van der Waals surface area contributed by atoms with Crippen LogP contribution in [0.15, 0.2) is 24.3 Å². The standard InChI is InChI=1S/C18H15N3OS2/c1-10-6-7-14-11(8-10)12(9-19)17(23-14)21-16(22)18-20-13-4-2-3-5-15(13)24-18/h2-5,10H,6-8H2,1H3,(H,21,22)/t10-/m0/s1. The summed E-state index contributed by atoms with van der Waals surface area (Å²) in [5.74, 6) is 0.353. The van der Waals surface area contributed by atoms with E-state index >= 15 is 0 Å². The van der Waals surface area contributed by atoms with Gasteiger partial charge in [-0.3, -0.25) is 4.79 Å². The van der Waals surface area contributed by atoms with E-state index in [1.165, 1.54) is 16.2 Å². The summed E-state index contributed by atoms with van der Waals surface area (Å²) in [6.45, 7) is 2.21. The highest BCUT2D eigenvalue weighted by Crippen LogP contribution is 2.39. The Morgan fingerprint density at radius 1 is 1.38 bits per heavy atom. The molecule has 3 aromatic rings. The summed E-state index contributed by atoms with van der Waals surface area (Å²) in [7, 11) is 0. The largest absolute Gasteiger partial charge is 0.310 e. The highest BCUT2D eigenvalue weighted by molar-refractivity contribution is 7.20. The number of carbonyl (C=O) groups is 1. The topological polar surface area (TPSA) is 65.8 Å². The Hall–Kier alpha value is -2.23. The number of aryl methyl sites for hydroxylation is 1. The number of nitrogens with zero attached hydrogens (tertiary/aromatic N) is 2. The summed E-state index contributed by atoms with van der Waals surface area (Å²) in [5.41, 5.74) is 2.59. The van der Waals surface area contributed by atoms with Crippen molar-refractivity contribution < 1.29 is 4.79 Å². The van der Waals surface area contributed by atoms with E-state index in [9.17, 15) is 10.1 Å². The van der Waals surface area contributed by atoms with Crippen LogP contribution in [0.25, 0.3) is 10.2 Å². The number of hydrogen-bond acceptors (Lipinski definition) is 5. The van der Waals surface area contributed by atoms with Crippen LogP contribution in [0.1, 0.15) is 39.2 Å². The number of carbonyl (C=O) groups excluding carboxylic acids is 1. The van der Waals surface area contributed by atoms with Crippen LogP contribution in [0.4, 0.5) is 5.00 Å². The Balaban J connectivity index is 1.65. The number of thiophene rings is 1. The molecule has 2 heterocycles. The van der Waals surface area contributed by atoms with E-state index in [0.717, 1.165) is 35.0 Å². The average molecular weight is 353 g/mol. The second-order valence-corrected chi connectivity index (χ2v) is 8.24. The molecule has 0 saturated carbocycles. The van der Waals surface area contributed by atoms with E-state index in [0.29, 0.717) is 21.5 Å². The molecule has 0 aliphatic heterocycles. The number of thiazole rings is 1. The Kier molecular flexibility index (Phi) is 3.83. The Bertz CT molecular complexity index is 947. The molecule has 0 saturated heterocycles. The third-order valence-electron chi connectivity index (χ3n) is 4.33.